The number of nitrogens with two attached hydrogens (primary N) is 1. The Morgan fingerprint density at radius 1 is 1.18 bits per heavy atom. The predicted molar refractivity (Wildman–Crippen MR) is 107 cm³/mol. The fourth-order valence-electron chi connectivity index (χ4n) is 1.60. The minimum atomic E-state index is -0.561. The second-order valence-corrected chi connectivity index (χ2v) is 7.62. The topological polar surface area (TPSA) is 98.5 Å². The number of hydrogen-bond donors (Lipinski definition) is 2. The zero-order valence-corrected chi connectivity index (χ0v) is 18.0. The van der Waals surface area contributed by atoms with Crippen molar-refractivity contribution in [2.45, 2.75) is 13.3 Å². The van der Waals surface area contributed by atoms with Crippen LogP contribution in [0.2, 0.25) is 0 Å². The van der Waals surface area contributed by atoms with Gasteiger partial charge in [-0.25, -0.2) is 0 Å². The van der Waals surface area contributed by atoms with Gasteiger partial charge in [-0.1, -0.05) is 0 Å². The Bertz CT molecular complexity index is 620. The molecular weight excluding hydrogens is 629 g/mol. The highest BCUT2D eigenvalue weighted by Crippen LogP contribution is 2.27. The molecule has 6 nitrogen and oxygen atoms in total. The van der Waals surface area contributed by atoms with Gasteiger partial charge in [0.05, 0.1) is 17.7 Å². The molecule has 0 aliphatic heterocycles. The first kappa shape index (κ1) is 19.9. The van der Waals surface area contributed by atoms with Gasteiger partial charge in [-0.2, -0.15) is 0 Å². The molecule has 0 atom stereocenters. The van der Waals surface area contributed by atoms with Crippen LogP contribution in [-0.4, -0.2) is 30.9 Å². The molecular formula is C13H13I3N2O4. The largest absolute Gasteiger partial charge is 0.466 e. The van der Waals surface area contributed by atoms with E-state index in [1.807, 2.05) is 45.2 Å². The van der Waals surface area contributed by atoms with Gasteiger partial charge in [-0.15, -0.1) is 0 Å². The number of rotatable bonds is 6. The number of primary amides is 1. The molecule has 0 aliphatic carbocycles. The van der Waals surface area contributed by atoms with Crippen molar-refractivity contribution in [3.63, 3.8) is 0 Å². The maximum absolute atomic E-state index is 12.3. The lowest BCUT2D eigenvalue weighted by Gasteiger charge is -2.13. The van der Waals surface area contributed by atoms with Crippen molar-refractivity contribution < 1.29 is 19.1 Å². The van der Waals surface area contributed by atoms with E-state index in [0.717, 1.165) is 3.57 Å². The average molecular weight is 642 g/mol. The van der Waals surface area contributed by atoms with E-state index in [-0.39, 0.29) is 18.5 Å². The van der Waals surface area contributed by atoms with E-state index in [0.29, 0.717) is 31.2 Å². The molecule has 0 aliphatic rings. The fraction of sp³-hybridized carbons (Fsp3) is 0.308. The Morgan fingerprint density at radius 3 is 2.32 bits per heavy atom. The van der Waals surface area contributed by atoms with Crippen LogP contribution in [0.25, 0.3) is 0 Å². The maximum Gasteiger partial charge on any atom is 0.302 e. The van der Waals surface area contributed by atoms with E-state index in [1.165, 1.54) is 6.92 Å². The Kier molecular flexibility index (Phi) is 8.31. The molecule has 0 fully saturated rings. The number of carbonyl (C=O) groups is 3. The van der Waals surface area contributed by atoms with Crippen LogP contribution in [0, 0.1) is 10.7 Å². The SMILES string of the molecule is CC(=O)OCCCNC(=O)c1c(I)cc(I)c(C(N)=O)c1I. The molecule has 1 aromatic rings. The summed E-state index contributed by atoms with van der Waals surface area (Å²) in [7, 11) is 0. The third kappa shape index (κ3) is 5.47. The summed E-state index contributed by atoms with van der Waals surface area (Å²) in [4.78, 5) is 34.4. The highest BCUT2D eigenvalue weighted by molar-refractivity contribution is 14.1. The molecule has 3 N–H and O–H groups in total. The Hall–Kier alpha value is -0.180. The Morgan fingerprint density at radius 2 is 1.77 bits per heavy atom. The number of amides is 2. The summed E-state index contributed by atoms with van der Waals surface area (Å²) < 4.78 is 6.79. The number of halogens is 3. The molecule has 0 saturated carbocycles. The Balaban J connectivity index is 2.83. The first-order valence-electron chi connectivity index (χ1n) is 6.14. The van der Waals surface area contributed by atoms with Gasteiger partial charge in [-0.3, -0.25) is 14.4 Å². The second kappa shape index (κ2) is 9.20. The maximum atomic E-state index is 12.3. The molecule has 1 rings (SSSR count). The summed E-state index contributed by atoms with van der Waals surface area (Å²) in [6, 6.07) is 1.75. The molecule has 2 amide bonds. The van der Waals surface area contributed by atoms with Crippen LogP contribution in [0.3, 0.4) is 0 Å². The number of esters is 1. The summed E-state index contributed by atoms with van der Waals surface area (Å²) in [6.07, 6.45) is 0.519. The van der Waals surface area contributed by atoms with Crippen molar-refractivity contribution in [2.24, 2.45) is 5.73 Å². The van der Waals surface area contributed by atoms with Gasteiger partial charge in [0.15, 0.2) is 0 Å². The minimum absolute atomic E-state index is 0.253. The van der Waals surface area contributed by atoms with Crippen LogP contribution >= 0.6 is 67.8 Å². The minimum Gasteiger partial charge on any atom is -0.466 e. The third-order valence-electron chi connectivity index (χ3n) is 2.56. The molecule has 0 heterocycles. The molecule has 9 heteroatoms. The number of benzene rings is 1. The van der Waals surface area contributed by atoms with Crippen molar-refractivity contribution in [1.29, 1.82) is 0 Å². The second-order valence-electron chi connectivity index (χ2n) is 4.22. The van der Waals surface area contributed by atoms with E-state index in [1.54, 1.807) is 6.07 Å². The third-order valence-corrected chi connectivity index (χ3v) is 5.34. The standard InChI is InChI=1S/C13H13I3N2O4/c1-6(19)22-4-2-3-18-13(21)10-8(15)5-7(14)9(11(10)16)12(17)20/h5H,2-4H2,1H3,(H2,17,20)(H,18,21). The quantitative estimate of drug-likeness (QED) is 0.283. The molecule has 0 bridgehead atoms. The van der Waals surface area contributed by atoms with Crippen LogP contribution in [0.1, 0.15) is 34.1 Å². The lowest BCUT2D eigenvalue weighted by atomic mass is 10.1. The Labute approximate surface area is 168 Å². The molecule has 0 unspecified atom stereocenters. The number of carbonyl (C=O) groups excluding carboxylic acids is 3. The monoisotopic (exact) mass is 642 g/mol. The number of hydrogen-bond acceptors (Lipinski definition) is 4. The smallest absolute Gasteiger partial charge is 0.302 e. The van der Waals surface area contributed by atoms with Crippen LogP contribution in [-0.2, 0) is 9.53 Å². The van der Waals surface area contributed by atoms with E-state index in [9.17, 15) is 14.4 Å². The van der Waals surface area contributed by atoms with E-state index < -0.39 is 5.91 Å². The zero-order valence-electron chi connectivity index (χ0n) is 11.5. The van der Waals surface area contributed by atoms with Gasteiger partial charge in [-0.05, 0) is 80.3 Å². The molecule has 1 aromatic carbocycles. The van der Waals surface area contributed by atoms with Crippen molar-refractivity contribution >= 4 is 85.6 Å². The lowest BCUT2D eigenvalue weighted by Crippen LogP contribution is -2.28. The summed E-state index contributed by atoms with van der Waals surface area (Å²) in [5, 5.41) is 2.75. The van der Waals surface area contributed by atoms with Crippen LogP contribution < -0.4 is 11.1 Å². The van der Waals surface area contributed by atoms with Crippen LogP contribution in [0.4, 0.5) is 0 Å². The average Bonchev–Trinajstić information content (AvgIpc) is 2.36. The van der Waals surface area contributed by atoms with E-state index in [2.05, 4.69) is 27.9 Å². The number of ether oxygens (including phenoxy) is 1. The molecule has 0 spiro atoms. The predicted octanol–water partition coefficient (Wildman–Crippen LogP) is 2.28. The summed E-state index contributed by atoms with van der Waals surface area (Å²) in [5.41, 5.74) is 6.16. The van der Waals surface area contributed by atoms with Crippen molar-refractivity contribution in [3.05, 3.63) is 27.9 Å². The van der Waals surface area contributed by atoms with Gasteiger partial charge in [0, 0.05) is 24.2 Å². The van der Waals surface area contributed by atoms with E-state index in [4.69, 9.17) is 10.5 Å². The summed E-state index contributed by atoms with van der Waals surface area (Å²) in [6.45, 7) is 1.96. The lowest BCUT2D eigenvalue weighted by molar-refractivity contribution is -0.140. The molecule has 0 radical (unpaired) electrons. The fourth-order valence-corrected chi connectivity index (χ4v) is 6.00. The summed E-state index contributed by atoms with van der Waals surface area (Å²) in [5.74, 6) is -1.19. The molecule has 22 heavy (non-hydrogen) atoms. The molecule has 0 saturated heterocycles. The van der Waals surface area contributed by atoms with Gasteiger partial charge < -0.3 is 15.8 Å². The highest BCUT2D eigenvalue weighted by atomic mass is 127. The zero-order chi connectivity index (χ0) is 16.9. The number of nitrogens with one attached hydrogen (secondary N) is 1. The van der Waals surface area contributed by atoms with Crippen molar-refractivity contribution in [3.8, 4) is 0 Å². The van der Waals surface area contributed by atoms with Gasteiger partial charge in [0.1, 0.15) is 0 Å². The van der Waals surface area contributed by atoms with Gasteiger partial charge >= 0.3 is 5.97 Å². The molecule has 120 valence electrons. The van der Waals surface area contributed by atoms with Gasteiger partial charge in [0.2, 0.25) is 0 Å². The van der Waals surface area contributed by atoms with Crippen LogP contribution in [0.15, 0.2) is 6.07 Å². The molecule has 0 aromatic heterocycles. The van der Waals surface area contributed by atoms with E-state index >= 15 is 0 Å². The van der Waals surface area contributed by atoms with Crippen molar-refractivity contribution in [2.75, 3.05) is 13.2 Å². The highest BCUT2D eigenvalue weighted by Gasteiger charge is 2.22. The van der Waals surface area contributed by atoms with Crippen LogP contribution in [0.5, 0.6) is 0 Å². The summed E-state index contributed by atoms with van der Waals surface area (Å²) >= 11 is 6.03. The van der Waals surface area contributed by atoms with Crippen molar-refractivity contribution in [1.82, 2.24) is 5.32 Å². The first-order chi connectivity index (χ1) is 10.3. The first-order valence-corrected chi connectivity index (χ1v) is 9.38. The van der Waals surface area contributed by atoms with Gasteiger partial charge in [0.25, 0.3) is 11.8 Å². The normalized spacial score (nSPS) is 10.2.